The molecule has 0 spiro atoms. The normalized spacial score (nSPS) is 27.2. The second-order valence-corrected chi connectivity index (χ2v) is 4.71. The standard InChI is InChI=1S/C11H21NO/c1-9(2)7-13-10-5-6-12-8-11(10,3)4/h10,12H,1,5-8H2,2-4H3. The molecule has 2 nitrogen and oxygen atoms in total. The Balaban J connectivity index is 2.41. The maximum Gasteiger partial charge on any atom is 0.0675 e. The van der Waals surface area contributed by atoms with Crippen molar-refractivity contribution < 1.29 is 4.74 Å². The zero-order chi connectivity index (χ0) is 9.90. The average Bonchev–Trinajstić information content (AvgIpc) is 2.01. The summed E-state index contributed by atoms with van der Waals surface area (Å²) in [6.07, 6.45) is 1.49. The second kappa shape index (κ2) is 4.25. The van der Waals surface area contributed by atoms with Gasteiger partial charge in [0.05, 0.1) is 12.7 Å². The van der Waals surface area contributed by atoms with E-state index in [2.05, 4.69) is 25.7 Å². The van der Waals surface area contributed by atoms with Gasteiger partial charge in [-0.1, -0.05) is 26.0 Å². The molecule has 1 fully saturated rings. The van der Waals surface area contributed by atoms with Crippen LogP contribution in [0.5, 0.6) is 0 Å². The second-order valence-electron chi connectivity index (χ2n) is 4.71. The minimum Gasteiger partial charge on any atom is -0.373 e. The summed E-state index contributed by atoms with van der Waals surface area (Å²) in [6, 6.07) is 0. The van der Waals surface area contributed by atoms with E-state index in [0.717, 1.165) is 25.1 Å². The van der Waals surface area contributed by atoms with Crippen LogP contribution in [0.4, 0.5) is 0 Å². The first-order chi connectivity index (χ1) is 6.02. The van der Waals surface area contributed by atoms with Gasteiger partial charge in [0.15, 0.2) is 0 Å². The van der Waals surface area contributed by atoms with Crippen molar-refractivity contribution in [2.24, 2.45) is 5.41 Å². The number of hydrogen-bond donors (Lipinski definition) is 1. The topological polar surface area (TPSA) is 21.3 Å². The van der Waals surface area contributed by atoms with Gasteiger partial charge < -0.3 is 10.1 Å². The highest BCUT2D eigenvalue weighted by Gasteiger charge is 2.32. The van der Waals surface area contributed by atoms with Gasteiger partial charge in [0.1, 0.15) is 0 Å². The van der Waals surface area contributed by atoms with Crippen molar-refractivity contribution in [1.82, 2.24) is 5.32 Å². The Bertz CT molecular complexity index is 187. The first-order valence-corrected chi connectivity index (χ1v) is 4.99. The number of ether oxygens (including phenoxy) is 1. The van der Waals surface area contributed by atoms with Gasteiger partial charge in [0.2, 0.25) is 0 Å². The molecule has 0 radical (unpaired) electrons. The van der Waals surface area contributed by atoms with Crippen molar-refractivity contribution in [2.45, 2.75) is 33.3 Å². The zero-order valence-corrected chi connectivity index (χ0v) is 9.02. The maximum atomic E-state index is 5.82. The van der Waals surface area contributed by atoms with Crippen LogP contribution >= 0.6 is 0 Å². The molecule has 0 aromatic carbocycles. The fraction of sp³-hybridized carbons (Fsp3) is 0.818. The van der Waals surface area contributed by atoms with E-state index in [1.54, 1.807) is 0 Å². The molecule has 1 atom stereocenters. The van der Waals surface area contributed by atoms with E-state index < -0.39 is 0 Å². The molecule has 0 aliphatic carbocycles. The van der Waals surface area contributed by atoms with E-state index in [1.165, 1.54) is 0 Å². The first kappa shape index (κ1) is 10.7. The maximum absolute atomic E-state index is 5.82. The lowest BCUT2D eigenvalue weighted by molar-refractivity contribution is -0.0329. The van der Waals surface area contributed by atoms with Crippen molar-refractivity contribution in [2.75, 3.05) is 19.7 Å². The molecule has 1 rings (SSSR count). The zero-order valence-electron chi connectivity index (χ0n) is 9.02. The van der Waals surface area contributed by atoms with E-state index >= 15 is 0 Å². The van der Waals surface area contributed by atoms with E-state index in [4.69, 9.17) is 4.74 Å². The molecule has 1 N–H and O–H groups in total. The minimum atomic E-state index is 0.258. The van der Waals surface area contributed by atoms with Gasteiger partial charge in [-0.15, -0.1) is 0 Å². The van der Waals surface area contributed by atoms with Crippen LogP contribution in [0.25, 0.3) is 0 Å². The van der Waals surface area contributed by atoms with Crippen molar-refractivity contribution >= 4 is 0 Å². The van der Waals surface area contributed by atoms with Crippen LogP contribution in [0.15, 0.2) is 12.2 Å². The van der Waals surface area contributed by atoms with Gasteiger partial charge in [-0.2, -0.15) is 0 Å². The summed E-state index contributed by atoms with van der Waals surface area (Å²) in [5, 5.41) is 3.39. The van der Waals surface area contributed by atoms with E-state index in [1.807, 2.05) is 6.92 Å². The molecule has 1 aliphatic rings. The van der Waals surface area contributed by atoms with Crippen molar-refractivity contribution in [3.63, 3.8) is 0 Å². The predicted octanol–water partition coefficient (Wildman–Crippen LogP) is 1.97. The summed E-state index contributed by atoms with van der Waals surface area (Å²) in [5.74, 6) is 0. The summed E-state index contributed by atoms with van der Waals surface area (Å²) in [5.41, 5.74) is 1.36. The SMILES string of the molecule is C=C(C)COC1CCNCC1(C)C. The van der Waals surface area contributed by atoms with Crippen LogP contribution in [0.2, 0.25) is 0 Å². The smallest absolute Gasteiger partial charge is 0.0675 e. The Labute approximate surface area is 81.4 Å². The molecule has 1 unspecified atom stereocenters. The van der Waals surface area contributed by atoms with Crippen molar-refractivity contribution in [3.8, 4) is 0 Å². The Morgan fingerprint density at radius 3 is 2.85 bits per heavy atom. The molecule has 2 heteroatoms. The van der Waals surface area contributed by atoms with Crippen LogP contribution in [-0.4, -0.2) is 25.8 Å². The lowest BCUT2D eigenvalue weighted by Crippen LogP contribution is -2.47. The summed E-state index contributed by atoms with van der Waals surface area (Å²) >= 11 is 0. The van der Waals surface area contributed by atoms with E-state index in [-0.39, 0.29) is 5.41 Å². The fourth-order valence-electron chi connectivity index (χ4n) is 1.70. The Hall–Kier alpha value is -0.340. The molecule has 0 saturated carbocycles. The molecule has 0 aromatic heterocycles. The molecule has 1 heterocycles. The molecule has 1 saturated heterocycles. The monoisotopic (exact) mass is 183 g/mol. The van der Waals surface area contributed by atoms with Crippen LogP contribution < -0.4 is 5.32 Å². The van der Waals surface area contributed by atoms with Crippen LogP contribution in [0.3, 0.4) is 0 Å². The quantitative estimate of drug-likeness (QED) is 0.675. The summed E-state index contributed by atoms with van der Waals surface area (Å²) in [4.78, 5) is 0. The molecule has 0 bridgehead atoms. The minimum absolute atomic E-state index is 0.258. The highest BCUT2D eigenvalue weighted by Crippen LogP contribution is 2.27. The molecule has 76 valence electrons. The van der Waals surface area contributed by atoms with Crippen LogP contribution in [0.1, 0.15) is 27.2 Å². The van der Waals surface area contributed by atoms with E-state index in [0.29, 0.717) is 12.7 Å². The van der Waals surface area contributed by atoms with E-state index in [9.17, 15) is 0 Å². The van der Waals surface area contributed by atoms with Gasteiger partial charge in [-0.3, -0.25) is 0 Å². The molecular formula is C11H21NO. The molecule has 0 aromatic rings. The fourth-order valence-corrected chi connectivity index (χ4v) is 1.70. The largest absolute Gasteiger partial charge is 0.373 e. The van der Waals surface area contributed by atoms with Crippen molar-refractivity contribution in [1.29, 1.82) is 0 Å². The highest BCUT2D eigenvalue weighted by atomic mass is 16.5. The lowest BCUT2D eigenvalue weighted by Gasteiger charge is -2.38. The van der Waals surface area contributed by atoms with Gasteiger partial charge in [0, 0.05) is 12.0 Å². The first-order valence-electron chi connectivity index (χ1n) is 4.99. The lowest BCUT2D eigenvalue weighted by atomic mass is 9.82. The van der Waals surface area contributed by atoms with Crippen molar-refractivity contribution in [3.05, 3.63) is 12.2 Å². The number of hydrogen-bond acceptors (Lipinski definition) is 2. The molecular weight excluding hydrogens is 162 g/mol. The average molecular weight is 183 g/mol. The van der Waals surface area contributed by atoms with Crippen LogP contribution in [0, 0.1) is 5.41 Å². The Kier molecular flexibility index (Phi) is 3.51. The number of piperidine rings is 1. The molecule has 0 amide bonds. The number of rotatable bonds is 3. The summed E-state index contributed by atoms with van der Waals surface area (Å²) in [7, 11) is 0. The van der Waals surface area contributed by atoms with Gasteiger partial charge in [-0.25, -0.2) is 0 Å². The number of nitrogens with one attached hydrogen (secondary N) is 1. The summed E-state index contributed by atoms with van der Waals surface area (Å²) in [6.45, 7) is 13.2. The highest BCUT2D eigenvalue weighted by molar-refractivity contribution is 4.91. The Morgan fingerprint density at radius 1 is 1.62 bits per heavy atom. The van der Waals surface area contributed by atoms with Crippen LogP contribution in [-0.2, 0) is 4.74 Å². The predicted molar refractivity (Wildman–Crippen MR) is 55.8 cm³/mol. The Morgan fingerprint density at radius 2 is 2.31 bits per heavy atom. The molecule has 1 aliphatic heterocycles. The third-order valence-corrected chi connectivity index (χ3v) is 2.57. The third-order valence-electron chi connectivity index (χ3n) is 2.57. The van der Waals surface area contributed by atoms with Gasteiger partial charge in [-0.05, 0) is 19.9 Å². The molecule has 13 heavy (non-hydrogen) atoms. The third kappa shape index (κ3) is 3.12. The van der Waals surface area contributed by atoms with Gasteiger partial charge >= 0.3 is 0 Å². The summed E-state index contributed by atoms with van der Waals surface area (Å²) < 4.78 is 5.82. The van der Waals surface area contributed by atoms with Gasteiger partial charge in [0.25, 0.3) is 0 Å².